The average molecular weight is 1140 g/mol. The Balaban J connectivity index is 1.16. The smallest absolute Gasteiger partial charge is 0.252 e. The van der Waals surface area contributed by atoms with Gasteiger partial charge in [-0.25, -0.2) is 0 Å². The zero-order valence-electron chi connectivity index (χ0n) is 54.5. The van der Waals surface area contributed by atoms with Gasteiger partial charge in [0, 0.05) is 61.8 Å². The second-order valence-electron chi connectivity index (χ2n) is 30.1. The van der Waals surface area contributed by atoms with Crippen LogP contribution in [0.2, 0.25) is 0 Å². The molecule has 11 aromatic rings. The van der Waals surface area contributed by atoms with Crippen molar-refractivity contribution in [1.82, 2.24) is 4.57 Å². The molecule has 4 nitrogen and oxygen atoms in total. The number of rotatable bonds is 7. The predicted octanol–water partition coefficient (Wildman–Crippen LogP) is 21.1. The van der Waals surface area contributed by atoms with Gasteiger partial charge in [-0.2, -0.15) is 0 Å². The fourth-order valence-electron chi connectivity index (χ4n) is 13.8. The van der Waals surface area contributed by atoms with E-state index in [1.54, 1.807) is 0 Å². The Morgan fingerprint density at radius 3 is 1.46 bits per heavy atom. The molecule has 436 valence electrons. The molecule has 0 bridgehead atoms. The number of aromatic nitrogens is 1. The first kappa shape index (κ1) is 57.5. The fourth-order valence-corrected chi connectivity index (χ4v) is 13.8. The molecule has 10 aromatic carbocycles. The van der Waals surface area contributed by atoms with Crippen LogP contribution in [0.25, 0.3) is 38.6 Å². The molecule has 0 saturated carbocycles. The van der Waals surface area contributed by atoms with E-state index >= 15 is 0 Å². The summed E-state index contributed by atoms with van der Waals surface area (Å²) in [7, 11) is 0. The minimum atomic E-state index is -0.197. The van der Waals surface area contributed by atoms with E-state index in [0.29, 0.717) is 0 Å². The van der Waals surface area contributed by atoms with Gasteiger partial charge in [-0.1, -0.05) is 225 Å². The minimum Gasteiger partial charge on any atom is -0.311 e. The van der Waals surface area contributed by atoms with E-state index < -0.39 is 0 Å². The van der Waals surface area contributed by atoms with Crippen molar-refractivity contribution in [3.05, 3.63) is 245 Å². The standard InChI is InChI=1S/C82H85BN4/c1-52-44-58(81(12,13)14)45-53(2)77(52)84(62-38-40-65-64-30-24-25-31-69(64)85(72(65)50-62)60-28-22-19-23-29-60)63-39-41-67-73(51-63)87(70-42-34-56(79(6,7)8)46-66(70)54-26-20-18-21-27-54)75-49-59(82(15,16)17)48-74-76(75)83(67)68-47-57(80(9,10)11)35-43-71(68)86(74)61-36-32-55(33-37-61)78(3,4)5/h18-51H,1-17H3. The third-order valence-electron chi connectivity index (χ3n) is 18.7. The lowest BCUT2D eigenvalue weighted by Crippen LogP contribution is -2.61. The predicted molar refractivity (Wildman–Crippen MR) is 378 cm³/mol. The van der Waals surface area contributed by atoms with Crippen molar-refractivity contribution in [3.8, 4) is 16.8 Å². The van der Waals surface area contributed by atoms with Crippen LogP contribution in [0.5, 0.6) is 0 Å². The van der Waals surface area contributed by atoms with Crippen molar-refractivity contribution in [2.24, 2.45) is 0 Å². The first-order valence-electron chi connectivity index (χ1n) is 31.5. The van der Waals surface area contributed by atoms with Crippen LogP contribution in [0.15, 0.2) is 206 Å². The van der Waals surface area contributed by atoms with Crippen molar-refractivity contribution in [1.29, 1.82) is 0 Å². The van der Waals surface area contributed by atoms with Crippen LogP contribution in [0, 0.1) is 13.8 Å². The zero-order valence-corrected chi connectivity index (χ0v) is 54.5. The number of anilines is 9. The van der Waals surface area contributed by atoms with Gasteiger partial charge in [0.25, 0.3) is 6.71 Å². The number of benzene rings is 10. The summed E-state index contributed by atoms with van der Waals surface area (Å²) in [5.74, 6) is 0. The molecular weight excluding hydrogens is 1050 g/mol. The van der Waals surface area contributed by atoms with E-state index in [1.165, 1.54) is 117 Å². The largest absolute Gasteiger partial charge is 0.311 e. The van der Waals surface area contributed by atoms with E-state index in [9.17, 15) is 0 Å². The maximum Gasteiger partial charge on any atom is 0.252 e. The van der Waals surface area contributed by atoms with Crippen LogP contribution in [0.1, 0.15) is 143 Å². The van der Waals surface area contributed by atoms with Crippen LogP contribution < -0.4 is 31.1 Å². The molecule has 1 aromatic heterocycles. The van der Waals surface area contributed by atoms with Gasteiger partial charge < -0.3 is 19.3 Å². The summed E-state index contributed by atoms with van der Waals surface area (Å²) < 4.78 is 2.45. The number of nitrogens with zero attached hydrogens (tertiary/aromatic N) is 4. The second kappa shape index (κ2) is 20.5. The monoisotopic (exact) mass is 1140 g/mol. The minimum absolute atomic E-state index is 0.0101. The van der Waals surface area contributed by atoms with E-state index in [0.717, 1.165) is 28.4 Å². The zero-order chi connectivity index (χ0) is 61.4. The maximum absolute atomic E-state index is 2.68. The van der Waals surface area contributed by atoms with E-state index in [2.05, 4.69) is 343 Å². The van der Waals surface area contributed by atoms with Crippen LogP contribution >= 0.6 is 0 Å². The summed E-state index contributed by atoms with van der Waals surface area (Å²) in [6.07, 6.45) is 0. The average Bonchev–Trinajstić information content (AvgIpc) is 1.13. The molecule has 13 rings (SSSR count). The molecule has 0 fully saturated rings. The molecule has 0 spiro atoms. The van der Waals surface area contributed by atoms with Crippen LogP contribution in [-0.4, -0.2) is 11.3 Å². The molecule has 0 unspecified atom stereocenters. The van der Waals surface area contributed by atoms with Crippen molar-refractivity contribution >= 4 is 96.1 Å². The molecule has 2 aliphatic rings. The van der Waals surface area contributed by atoms with Crippen LogP contribution in [-0.2, 0) is 27.1 Å². The van der Waals surface area contributed by atoms with Gasteiger partial charge >= 0.3 is 0 Å². The Bertz CT molecular complexity index is 4470. The van der Waals surface area contributed by atoms with Gasteiger partial charge in [-0.15, -0.1) is 0 Å². The van der Waals surface area contributed by atoms with Crippen molar-refractivity contribution in [2.75, 3.05) is 14.7 Å². The molecule has 87 heavy (non-hydrogen) atoms. The van der Waals surface area contributed by atoms with Crippen molar-refractivity contribution in [2.45, 2.75) is 145 Å². The maximum atomic E-state index is 2.68. The van der Waals surface area contributed by atoms with Gasteiger partial charge in [0.2, 0.25) is 0 Å². The van der Waals surface area contributed by atoms with Crippen LogP contribution in [0.3, 0.4) is 0 Å². The Hall–Kier alpha value is -8.54. The van der Waals surface area contributed by atoms with Crippen LogP contribution in [0.4, 0.5) is 51.2 Å². The van der Waals surface area contributed by atoms with E-state index in [1.807, 2.05) is 0 Å². The highest BCUT2D eigenvalue weighted by Crippen LogP contribution is 2.52. The quantitative estimate of drug-likeness (QED) is 0.148. The topological polar surface area (TPSA) is 14.7 Å². The SMILES string of the molecule is Cc1cc(C(C)(C)C)cc(C)c1N(c1ccc2c(c1)N(c1ccc(C(C)(C)C)cc1-c1ccccc1)c1cc(C(C)(C)C)cc3c1B2c1cc(C(C)(C)C)ccc1N3c1ccc(C(C)(C)C)cc1)c1ccc2c3ccccc3n(-c3ccccc3)c2c1. The molecule has 2 aliphatic heterocycles. The van der Waals surface area contributed by atoms with E-state index in [-0.39, 0.29) is 33.8 Å². The molecule has 0 radical (unpaired) electrons. The number of aryl methyl sites for hydroxylation is 2. The van der Waals surface area contributed by atoms with E-state index in [4.69, 9.17) is 0 Å². The number of hydrogen-bond donors (Lipinski definition) is 0. The highest BCUT2D eigenvalue weighted by molar-refractivity contribution is 7.00. The molecule has 5 heteroatoms. The van der Waals surface area contributed by atoms with Gasteiger partial charge in [-0.3, -0.25) is 0 Å². The highest BCUT2D eigenvalue weighted by atomic mass is 15.2. The summed E-state index contributed by atoms with van der Waals surface area (Å²) in [6.45, 7) is 39.7. The first-order valence-corrected chi connectivity index (χ1v) is 31.5. The van der Waals surface area contributed by atoms with Gasteiger partial charge in [0.05, 0.1) is 22.4 Å². The highest BCUT2D eigenvalue weighted by Gasteiger charge is 2.45. The Morgan fingerprint density at radius 2 is 0.839 bits per heavy atom. The Morgan fingerprint density at radius 1 is 0.333 bits per heavy atom. The summed E-state index contributed by atoms with van der Waals surface area (Å²) in [5.41, 5.74) is 29.0. The van der Waals surface area contributed by atoms with Gasteiger partial charge in [0.1, 0.15) is 0 Å². The molecule has 0 atom stereocenters. The molecule has 3 heterocycles. The van der Waals surface area contributed by atoms with Crippen molar-refractivity contribution in [3.63, 3.8) is 0 Å². The summed E-state index contributed by atoms with van der Waals surface area (Å²) in [6, 6.07) is 79.6. The number of para-hydroxylation sites is 2. The van der Waals surface area contributed by atoms with Gasteiger partial charge in [0.15, 0.2) is 0 Å². The lowest BCUT2D eigenvalue weighted by molar-refractivity contribution is 0.589. The number of hydrogen-bond acceptors (Lipinski definition) is 3. The lowest BCUT2D eigenvalue weighted by atomic mass is 9.33. The molecular formula is C82H85BN4. The molecule has 0 aliphatic carbocycles. The lowest BCUT2D eigenvalue weighted by Gasteiger charge is -2.46. The number of fused-ring (bicyclic) bond motifs is 7. The normalized spacial score (nSPS) is 13.5. The molecule has 0 amide bonds. The Kier molecular flexibility index (Phi) is 13.6. The summed E-state index contributed by atoms with van der Waals surface area (Å²) in [4.78, 5) is 7.84. The third-order valence-corrected chi connectivity index (χ3v) is 18.7. The molecule has 0 saturated heterocycles. The fraction of sp³-hybridized carbons (Fsp3) is 0.268. The third kappa shape index (κ3) is 9.96. The Labute approximate surface area is 519 Å². The second-order valence-corrected chi connectivity index (χ2v) is 30.1. The summed E-state index contributed by atoms with van der Waals surface area (Å²) in [5, 5.41) is 2.47. The summed E-state index contributed by atoms with van der Waals surface area (Å²) >= 11 is 0. The molecule has 0 N–H and O–H groups in total. The van der Waals surface area contributed by atoms with Gasteiger partial charge in [-0.05, 0) is 187 Å². The first-order chi connectivity index (χ1) is 41.1. The van der Waals surface area contributed by atoms with Crippen molar-refractivity contribution < 1.29 is 0 Å².